The lowest BCUT2D eigenvalue weighted by Crippen LogP contribution is -2.30. The van der Waals surface area contributed by atoms with Crippen molar-refractivity contribution >= 4 is 11.6 Å². The summed E-state index contributed by atoms with van der Waals surface area (Å²) in [6, 6.07) is 7.40. The van der Waals surface area contributed by atoms with Gasteiger partial charge < -0.3 is 15.3 Å². The van der Waals surface area contributed by atoms with Crippen LogP contribution in [-0.2, 0) is 4.79 Å². The molecule has 96 valence electrons. The fourth-order valence-electron chi connectivity index (χ4n) is 1.50. The number of hydrogen-bond acceptors (Lipinski definition) is 4. The zero-order valence-corrected chi connectivity index (χ0v) is 10.2. The van der Waals surface area contributed by atoms with Gasteiger partial charge in [-0.15, -0.1) is 0 Å². The molecule has 1 fully saturated rings. The molecule has 1 aliphatic rings. The van der Waals surface area contributed by atoms with Gasteiger partial charge in [0, 0.05) is 6.04 Å². The number of amides is 1. The highest BCUT2D eigenvalue weighted by molar-refractivity contribution is 5.98. The second-order valence-corrected chi connectivity index (χ2v) is 4.34. The van der Waals surface area contributed by atoms with Gasteiger partial charge in [0.25, 0.3) is 5.91 Å². The Bertz CT molecular complexity index is 450. The van der Waals surface area contributed by atoms with Crippen molar-refractivity contribution in [2.45, 2.75) is 25.8 Å². The van der Waals surface area contributed by atoms with Crippen LogP contribution in [0.15, 0.2) is 29.4 Å². The van der Waals surface area contributed by atoms with Gasteiger partial charge in [0.05, 0.1) is 5.71 Å². The van der Waals surface area contributed by atoms with Crippen LogP contribution in [0.4, 0.5) is 0 Å². The summed E-state index contributed by atoms with van der Waals surface area (Å²) in [6.07, 6.45) is 2.14. The van der Waals surface area contributed by atoms with E-state index in [1.807, 2.05) is 0 Å². The molecule has 0 aromatic heterocycles. The van der Waals surface area contributed by atoms with Gasteiger partial charge in [0.2, 0.25) is 0 Å². The molecule has 0 spiro atoms. The van der Waals surface area contributed by atoms with Crippen molar-refractivity contribution in [3.8, 4) is 5.75 Å². The molecule has 1 saturated carbocycles. The third-order valence-corrected chi connectivity index (χ3v) is 2.73. The van der Waals surface area contributed by atoms with E-state index in [4.69, 9.17) is 9.94 Å². The van der Waals surface area contributed by atoms with Crippen molar-refractivity contribution < 1.29 is 14.7 Å². The number of nitrogens with zero attached hydrogens (tertiary/aromatic N) is 1. The summed E-state index contributed by atoms with van der Waals surface area (Å²) in [4.78, 5) is 11.4. The molecule has 0 unspecified atom stereocenters. The van der Waals surface area contributed by atoms with Gasteiger partial charge in [0.15, 0.2) is 6.61 Å². The first kappa shape index (κ1) is 12.4. The minimum Gasteiger partial charge on any atom is -0.484 e. The van der Waals surface area contributed by atoms with Crippen LogP contribution >= 0.6 is 0 Å². The topological polar surface area (TPSA) is 70.9 Å². The average Bonchev–Trinajstić information content (AvgIpc) is 3.20. The molecule has 2 rings (SSSR count). The quantitative estimate of drug-likeness (QED) is 0.471. The minimum atomic E-state index is -0.0883. The highest BCUT2D eigenvalue weighted by Crippen LogP contribution is 2.18. The summed E-state index contributed by atoms with van der Waals surface area (Å²) >= 11 is 0. The van der Waals surface area contributed by atoms with Crippen LogP contribution in [0, 0.1) is 0 Å². The molecule has 0 aliphatic heterocycles. The Kier molecular flexibility index (Phi) is 3.82. The van der Waals surface area contributed by atoms with E-state index in [1.165, 1.54) is 0 Å². The van der Waals surface area contributed by atoms with Crippen molar-refractivity contribution in [3.63, 3.8) is 0 Å². The van der Waals surface area contributed by atoms with E-state index in [2.05, 4.69) is 10.5 Å². The summed E-state index contributed by atoms with van der Waals surface area (Å²) in [5.74, 6) is 0.533. The molecule has 18 heavy (non-hydrogen) atoms. The van der Waals surface area contributed by atoms with E-state index in [-0.39, 0.29) is 12.5 Å². The zero-order valence-electron chi connectivity index (χ0n) is 10.2. The van der Waals surface area contributed by atoms with Gasteiger partial charge >= 0.3 is 0 Å². The zero-order chi connectivity index (χ0) is 13.0. The molecule has 1 aliphatic carbocycles. The Morgan fingerprint density at radius 1 is 1.44 bits per heavy atom. The number of benzene rings is 1. The van der Waals surface area contributed by atoms with Crippen molar-refractivity contribution in [1.29, 1.82) is 0 Å². The predicted octanol–water partition coefficient (Wildman–Crippen LogP) is 1.54. The van der Waals surface area contributed by atoms with Crippen LogP contribution in [-0.4, -0.2) is 29.5 Å². The second kappa shape index (κ2) is 5.53. The van der Waals surface area contributed by atoms with E-state index in [1.54, 1.807) is 31.2 Å². The molecule has 0 atom stereocenters. The van der Waals surface area contributed by atoms with Crippen LogP contribution < -0.4 is 10.1 Å². The first-order valence-electron chi connectivity index (χ1n) is 5.90. The number of nitrogens with one attached hydrogen (secondary N) is 1. The van der Waals surface area contributed by atoms with Crippen molar-refractivity contribution in [2.24, 2.45) is 5.16 Å². The highest BCUT2D eigenvalue weighted by atomic mass is 16.5. The molecule has 0 saturated heterocycles. The molecule has 5 nitrogen and oxygen atoms in total. The molecular weight excluding hydrogens is 232 g/mol. The Balaban J connectivity index is 1.83. The minimum absolute atomic E-state index is 0.0307. The molecular formula is C13H16N2O3. The predicted molar refractivity (Wildman–Crippen MR) is 67.1 cm³/mol. The summed E-state index contributed by atoms with van der Waals surface area (Å²) in [5, 5.41) is 14.6. The third kappa shape index (κ3) is 3.48. The highest BCUT2D eigenvalue weighted by Gasteiger charge is 2.23. The Morgan fingerprint density at radius 2 is 2.11 bits per heavy atom. The summed E-state index contributed by atoms with van der Waals surface area (Å²) < 4.78 is 5.35. The van der Waals surface area contributed by atoms with Gasteiger partial charge in [-0.1, -0.05) is 5.16 Å². The smallest absolute Gasteiger partial charge is 0.258 e. The maximum Gasteiger partial charge on any atom is 0.258 e. The van der Waals surface area contributed by atoms with Crippen LogP contribution in [0.3, 0.4) is 0 Å². The number of rotatable bonds is 5. The van der Waals surface area contributed by atoms with E-state index >= 15 is 0 Å². The van der Waals surface area contributed by atoms with Gasteiger partial charge in [0.1, 0.15) is 5.75 Å². The standard InChI is InChI=1S/C13H16N2O3/c1-9(15-17)10-2-6-12(7-3-10)18-8-13(16)14-11-4-5-11/h2-3,6-7,11,17H,4-5,8H2,1H3,(H,14,16)/b15-9+. The summed E-state index contributed by atoms with van der Waals surface area (Å²) in [7, 11) is 0. The number of carbonyl (C=O) groups excluding carboxylic acids is 1. The maximum absolute atomic E-state index is 11.4. The van der Waals surface area contributed by atoms with Gasteiger partial charge in [-0.05, 0) is 49.6 Å². The van der Waals surface area contributed by atoms with Gasteiger partial charge in [-0.25, -0.2) is 0 Å². The Hall–Kier alpha value is -2.04. The number of hydrogen-bond donors (Lipinski definition) is 2. The summed E-state index contributed by atoms with van der Waals surface area (Å²) in [5.41, 5.74) is 1.35. The van der Waals surface area contributed by atoms with Gasteiger partial charge in [-0.3, -0.25) is 4.79 Å². The number of ether oxygens (including phenoxy) is 1. The molecule has 1 amide bonds. The second-order valence-electron chi connectivity index (χ2n) is 4.34. The molecule has 5 heteroatoms. The average molecular weight is 248 g/mol. The van der Waals surface area contributed by atoms with E-state index < -0.39 is 0 Å². The van der Waals surface area contributed by atoms with Gasteiger partial charge in [-0.2, -0.15) is 0 Å². The monoisotopic (exact) mass is 248 g/mol. The van der Waals surface area contributed by atoms with Crippen molar-refractivity contribution in [3.05, 3.63) is 29.8 Å². The fraction of sp³-hybridized carbons (Fsp3) is 0.385. The first-order chi connectivity index (χ1) is 8.69. The molecule has 0 radical (unpaired) electrons. The summed E-state index contributed by atoms with van der Waals surface area (Å²) in [6.45, 7) is 1.74. The van der Waals surface area contributed by atoms with Crippen LogP contribution in [0.25, 0.3) is 0 Å². The number of oxime groups is 1. The normalized spacial score (nSPS) is 15.3. The van der Waals surface area contributed by atoms with Crippen LogP contribution in [0.2, 0.25) is 0 Å². The molecule has 0 bridgehead atoms. The number of carbonyl (C=O) groups is 1. The fourth-order valence-corrected chi connectivity index (χ4v) is 1.50. The maximum atomic E-state index is 11.4. The van der Waals surface area contributed by atoms with Crippen LogP contribution in [0.5, 0.6) is 5.75 Å². The molecule has 1 aromatic rings. The lowest BCUT2D eigenvalue weighted by Gasteiger charge is -2.07. The van der Waals surface area contributed by atoms with Crippen molar-refractivity contribution in [2.75, 3.05) is 6.61 Å². The van der Waals surface area contributed by atoms with E-state index in [0.717, 1.165) is 18.4 Å². The Morgan fingerprint density at radius 3 is 2.67 bits per heavy atom. The lowest BCUT2D eigenvalue weighted by molar-refractivity contribution is -0.123. The SMILES string of the molecule is C/C(=N\O)c1ccc(OCC(=O)NC2CC2)cc1. The van der Waals surface area contributed by atoms with Crippen molar-refractivity contribution in [1.82, 2.24) is 5.32 Å². The van der Waals surface area contributed by atoms with Crippen LogP contribution in [0.1, 0.15) is 25.3 Å². The Labute approximate surface area is 105 Å². The third-order valence-electron chi connectivity index (χ3n) is 2.73. The molecule has 0 heterocycles. The largest absolute Gasteiger partial charge is 0.484 e. The first-order valence-corrected chi connectivity index (χ1v) is 5.90. The lowest BCUT2D eigenvalue weighted by atomic mass is 10.1. The molecule has 2 N–H and O–H groups in total. The molecule has 1 aromatic carbocycles. The van der Waals surface area contributed by atoms with E-state index in [9.17, 15) is 4.79 Å². The van der Waals surface area contributed by atoms with E-state index in [0.29, 0.717) is 17.5 Å².